The van der Waals surface area contributed by atoms with Crippen molar-refractivity contribution < 1.29 is 0 Å². The Morgan fingerprint density at radius 3 is 1.37 bits per heavy atom. The standard InChI is InChI=1S/C26H32Si/c1-15-9-21-13-17(3)19(5)25(21)23(11-15)27(7,8)24-12-16(2)10-22-14-18(4)20(6)26(22)24/h9-14,19-20H,1-8H3. The predicted octanol–water partition coefficient (Wildman–Crippen LogP) is 6.17. The van der Waals surface area contributed by atoms with Crippen molar-refractivity contribution in [2.45, 2.75) is 66.5 Å². The second-order valence-corrected chi connectivity index (χ2v) is 13.8. The molecule has 0 bridgehead atoms. The normalized spacial score (nSPS) is 21.0. The molecule has 0 amide bonds. The molecular formula is C26H32Si. The lowest BCUT2D eigenvalue weighted by atomic mass is 9.97. The first-order valence-corrected chi connectivity index (χ1v) is 13.3. The molecule has 2 aliphatic rings. The molecule has 0 nitrogen and oxygen atoms in total. The van der Waals surface area contributed by atoms with E-state index in [2.05, 4.69) is 91.1 Å². The SMILES string of the molecule is CC1=Cc2cc(C)cc([Si](C)(C)c3cc(C)cc4c3C(C)C(C)=C4)c2C1C. The maximum atomic E-state index is 2.57. The van der Waals surface area contributed by atoms with Gasteiger partial charge in [0.15, 0.2) is 0 Å². The van der Waals surface area contributed by atoms with Crippen molar-refractivity contribution in [2.24, 2.45) is 0 Å². The first-order chi connectivity index (χ1) is 12.6. The summed E-state index contributed by atoms with van der Waals surface area (Å²) < 4.78 is 0. The van der Waals surface area contributed by atoms with Gasteiger partial charge in [-0.05, 0) is 49.9 Å². The van der Waals surface area contributed by atoms with Gasteiger partial charge in [-0.25, -0.2) is 0 Å². The summed E-state index contributed by atoms with van der Waals surface area (Å²) in [7, 11) is -1.84. The highest BCUT2D eigenvalue weighted by molar-refractivity contribution is 7.01. The molecule has 0 fully saturated rings. The van der Waals surface area contributed by atoms with E-state index in [0.29, 0.717) is 11.8 Å². The largest absolute Gasteiger partial charge is 0.113 e. The van der Waals surface area contributed by atoms with Crippen molar-refractivity contribution >= 4 is 30.6 Å². The first-order valence-electron chi connectivity index (χ1n) is 10.3. The molecule has 0 spiro atoms. The first kappa shape index (κ1) is 18.5. The van der Waals surface area contributed by atoms with Gasteiger partial charge in [0.1, 0.15) is 8.07 Å². The molecule has 27 heavy (non-hydrogen) atoms. The molecule has 0 saturated carbocycles. The van der Waals surface area contributed by atoms with E-state index in [1.54, 1.807) is 21.5 Å². The summed E-state index contributed by atoms with van der Waals surface area (Å²) in [6, 6.07) is 9.77. The monoisotopic (exact) mass is 372 g/mol. The molecule has 0 radical (unpaired) electrons. The second-order valence-electron chi connectivity index (χ2n) is 9.48. The van der Waals surface area contributed by atoms with Crippen molar-refractivity contribution in [3.63, 3.8) is 0 Å². The van der Waals surface area contributed by atoms with Gasteiger partial charge in [-0.1, -0.05) is 96.0 Å². The van der Waals surface area contributed by atoms with Crippen LogP contribution < -0.4 is 10.4 Å². The topological polar surface area (TPSA) is 0 Å². The number of aryl methyl sites for hydroxylation is 2. The molecule has 0 N–H and O–H groups in total. The van der Waals surface area contributed by atoms with Gasteiger partial charge in [-0.2, -0.15) is 0 Å². The molecule has 4 rings (SSSR count). The van der Waals surface area contributed by atoms with Crippen molar-refractivity contribution in [3.05, 3.63) is 68.8 Å². The minimum absolute atomic E-state index is 0.539. The van der Waals surface area contributed by atoms with Gasteiger partial charge in [-0.3, -0.25) is 0 Å². The Hall–Kier alpha value is -1.86. The van der Waals surface area contributed by atoms with Gasteiger partial charge in [0.05, 0.1) is 0 Å². The van der Waals surface area contributed by atoms with Crippen LogP contribution in [0.15, 0.2) is 35.4 Å². The smallest absolute Gasteiger partial charge is 0.0655 e. The van der Waals surface area contributed by atoms with E-state index in [1.165, 1.54) is 33.4 Å². The van der Waals surface area contributed by atoms with E-state index in [9.17, 15) is 0 Å². The Morgan fingerprint density at radius 2 is 1.00 bits per heavy atom. The van der Waals surface area contributed by atoms with Gasteiger partial charge >= 0.3 is 0 Å². The fourth-order valence-corrected chi connectivity index (χ4v) is 8.77. The Morgan fingerprint density at radius 1 is 0.630 bits per heavy atom. The van der Waals surface area contributed by atoms with Crippen LogP contribution in [0.3, 0.4) is 0 Å². The molecule has 0 saturated heterocycles. The van der Waals surface area contributed by atoms with E-state index in [4.69, 9.17) is 0 Å². The lowest BCUT2D eigenvalue weighted by Gasteiger charge is -2.32. The summed E-state index contributed by atoms with van der Waals surface area (Å²) in [6.07, 6.45) is 4.83. The van der Waals surface area contributed by atoms with Crippen LogP contribution in [0.5, 0.6) is 0 Å². The summed E-state index contributed by atoms with van der Waals surface area (Å²) >= 11 is 0. The molecule has 140 valence electrons. The molecule has 2 aromatic carbocycles. The number of hydrogen-bond donors (Lipinski definition) is 0. The fourth-order valence-electron chi connectivity index (χ4n) is 5.23. The fraction of sp³-hybridized carbons (Fsp3) is 0.385. The maximum absolute atomic E-state index is 2.57. The Balaban J connectivity index is 1.97. The predicted molar refractivity (Wildman–Crippen MR) is 123 cm³/mol. The molecule has 0 heterocycles. The van der Waals surface area contributed by atoms with E-state index in [1.807, 2.05) is 0 Å². The molecule has 2 atom stereocenters. The van der Waals surface area contributed by atoms with Gasteiger partial charge in [0.25, 0.3) is 0 Å². The highest BCUT2D eigenvalue weighted by Crippen LogP contribution is 2.38. The Bertz CT molecular complexity index is 935. The number of rotatable bonds is 2. The number of fused-ring (bicyclic) bond motifs is 2. The van der Waals surface area contributed by atoms with Crippen molar-refractivity contribution in [3.8, 4) is 0 Å². The summed E-state index contributed by atoms with van der Waals surface area (Å²) in [6.45, 7) is 19.0. The van der Waals surface area contributed by atoms with Crippen molar-refractivity contribution in [2.75, 3.05) is 0 Å². The highest BCUT2D eigenvalue weighted by atomic mass is 28.3. The van der Waals surface area contributed by atoms with E-state index < -0.39 is 8.07 Å². The van der Waals surface area contributed by atoms with E-state index in [-0.39, 0.29) is 0 Å². The number of hydrogen-bond acceptors (Lipinski definition) is 0. The maximum Gasteiger partial charge on any atom is 0.113 e. The molecule has 0 aromatic heterocycles. The summed E-state index contributed by atoms with van der Waals surface area (Å²) in [4.78, 5) is 0. The third-order valence-electron chi connectivity index (χ3n) is 7.06. The third-order valence-corrected chi connectivity index (χ3v) is 10.6. The van der Waals surface area contributed by atoms with Gasteiger partial charge in [0.2, 0.25) is 0 Å². The molecular weight excluding hydrogens is 340 g/mol. The van der Waals surface area contributed by atoms with Crippen LogP contribution in [0.2, 0.25) is 13.1 Å². The third kappa shape index (κ3) is 2.70. The summed E-state index contributed by atoms with van der Waals surface area (Å²) in [5.41, 5.74) is 11.9. The second kappa shape index (κ2) is 6.07. The zero-order valence-corrected chi connectivity index (χ0v) is 19.1. The number of benzene rings is 2. The van der Waals surface area contributed by atoms with E-state index >= 15 is 0 Å². The minimum Gasteiger partial charge on any atom is -0.0655 e. The van der Waals surface area contributed by atoms with Gasteiger partial charge < -0.3 is 0 Å². The van der Waals surface area contributed by atoms with E-state index in [0.717, 1.165) is 0 Å². The molecule has 2 aliphatic carbocycles. The van der Waals surface area contributed by atoms with Crippen molar-refractivity contribution in [1.29, 1.82) is 0 Å². The zero-order chi connectivity index (χ0) is 19.7. The average Bonchev–Trinajstić information content (AvgIpc) is 3.02. The van der Waals surface area contributed by atoms with Crippen LogP contribution in [0.25, 0.3) is 12.2 Å². The molecule has 1 heteroatoms. The minimum atomic E-state index is -1.84. The Labute approximate surface area is 166 Å². The average molecular weight is 373 g/mol. The lowest BCUT2D eigenvalue weighted by molar-refractivity contribution is 0.923. The number of allylic oxidation sites excluding steroid dienone is 2. The summed E-state index contributed by atoms with van der Waals surface area (Å²) in [5, 5.41) is 3.28. The van der Waals surface area contributed by atoms with Crippen LogP contribution in [0, 0.1) is 13.8 Å². The van der Waals surface area contributed by atoms with Gasteiger partial charge in [0, 0.05) is 11.8 Å². The van der Waals surface area contributed by atoms with Crippen LogP contribution in [0.4, 0.5) is 0 Å². The summed E-state index contributed by atoms with van der Waals surface area (Å²) in [5.74, 6) is 1.08. The molecule has 2 unspecified atom stereocenters. The van der Waals surface area contributed by atoms with Crippen LogP contribution in [-0.2, 0) is 0 Å². The van der Waals surface area contributed by atoms with Crippen LogP contribution in [-0.4, -0.2) is 8.07 Å². The molecule has 2 aromatic rings. The van der Waals surface area contributed by atoms with Crippen LogP contribution >= 0.6 is 0 Å². The van der Waals surface area contributed by atoms with Crippen molar-refractivity contribution in [1.82, 2.24) is 0 Å². The Kier molecular flexibility index (Phi) is 4.16. The molecule has 0 aliphatic heterocycles. The lowest BCUT2D eigenvalue weighted by Crippen LogP contribution is -2.56. The van der Waals surface area contributed by atoms with Crippen LogP contribution in [0.1, 0.15) is 72.9 Å². The zero-order valence-electron chi connectivity index (χ0n) is 18.1. The quantitative estimate of drug-likeness (QED) is 0.553. The highest BCUT2D eigenvalue weighted by Gasteiger charge is 2.37. The van der Waals surface area contributed by atoms with Gasteiger partial charge in [-0.15, -0.1) is 0 Å².